The van der Waals surface area contributed by atoms with Gasteiger partial charge in [0.05, 0.1) is 4.90 Å². The van der Waals surface area contributed by atoms with Gasteiger partial charge < -0.3 is 9.64 Å². The summed E-state index contributed by atoms with van der Waals surface area (Å²) >= 11 is 0. The van der Waals surface area contributed by atoms with E-state index in [-0.39, 0.29) is 16.9 Å². The smallest absolute Gasteiger partial charge is 0.253 e. The maximum atomic E-state index is 12.9. The Morgan fingerprint density at radius 3 is 2.13 bits per heavy atom. The van der Waals surface area contributed by atoms with Crippen LogP contribution in [-0.4, -0.2) is 79.4 Å². The molecule has 39 heavy (non-hydrogen) atoms. The summed E-state index contributed by atoms with van der Waals surface area (Å²) in [7, 11) is -3.78. The number of sulfonamides is 1. The molecule has 0 unspecified atom stereocenters. The largest absolute Gasteiger partial charge is 0.490 e. The maximum absolute atomic E-state index is 12.9. The van der Waals surface area contributed by atoms with Gasteiger partial charge in [-0.2, -0.15) is 0 Å². The molecule has 0 bridgehead atoms. The average molecular weight is 550 g/mol. The summed E-state index contributed by atoms with van der Waals surface area (Å²) in [6, 6.07) is 18.2. The lowest BCUT2D eigenvalue weighted by molar-refractivity contribution is 0.0595. The zero-order valence-electron chi connectivity index (χ0n) is 22.0. The highest BCUT2D eigenvalue weighted by atomic mass is 32.2. The van der Waals surface area contributed by atoms with E-state index in [9.17, 15) is 13.2 Å². The van der Waals surface area contributed by atoms with E-state index in [1.54, 1.807) is 4.90 Å². The molecule has 9 nitrogen and oxygen atoms in total. The summed E-state index contributed by atoms with van der Waals surface area (Å²) in [5, 5.41) is 5.15. The predicted octanol–water partition coefficient (Wildman–Crippen LogP) is 2.73. The number of pyridine rings is 1. The van der Waals surface area contributed by atoms with Crippen LogP contribution in [0.25, 0.3) is 0 Å². The van der Waals surface area contributed by atoms with Crippen molar-refractivity contribution in [2.45, 2.75) is 36.9 Å². The van der Waals surface area contributed by atoms with Crippen LogP contribution in [0.2, 0.25) is 0 Å². The molecule has 2 aromatic carbocycles. The molecule has 2 aliphatic heterocycles. The number of benzene rings is 2. The molecule has 2 fully saturated rings. The van der Waals surface area contributed by atoms with E-state index < -0.39 is 10.0 Å². The first kappa shape index (κ1) is 27.3. The van der Waals surface area contributed by atoms with Gasteiger partial charge in [-0.3, -0.25) is 19.6 Å². The van der Waals surface area contributed by atoms with Crippen LogP contribution in [0.3, 0.4) is 0 Å². The summed E-state index contributed by atoms with van der Waals surface area (Å²) in [5.41, 5.74) is 2.95. The summed E-state index contributed by atoms with van der Waals surface area (Å²) in [5.74, 6) is 0.753. The van der Waals surface area contributed by atoms with Crippen LogP contribution in [0, 0.1) is 0 Å². The normalized spacial score (nSPS) is 17.7. The second-order valence-electron chi connectivity index (χ2n) is 10.2. The number of carbonyl (C=O) groups excluding carboxylic acids is 1. The van der Waals surface area contributed by atoms with Crippen LogP contribution in [0.15, 0.2) is 78.0 Å². The molecule has 206 valence electrons. The number of piperidine rings is 1. The Balaban J connectivity index is 1.07. The van der Waals surface area contributed by atoms with Crippen molar-refractivity contribution in [1.82, 2.24) is 19.7 Å². The third-order valence-corrected chi connectivity index (χ3v) is 8.29. The van der Waals surface area contributed by atoms with Crippen LogP contribution in [0.5, 0.6) is 5.75 Å². The average Bonchev–Trinajstić information content (AvgIpc) is 2.95. The molecule has 0 saturated carbocycles. The molecule has 1 aromatic heterocycles. The van der Waals surface area contributed by atoms with E-state index in [1.165, 1.54) is 35.4 Å². The van der Waals surface area contributed by atoms with Gasteiger partial charge in [0, 0.05) is 83.2 Å². The molecular weight excluding hydrogens is 514 g/mol. The maximum Gasteiger partial charge on any atom is 0.253 e. The van der Waals surface area contributed by atoms with E-state index >= 15 is 0 Å². The number of nitrogens with two attached hydrogens (primary N) is 1. The van der Waals surface area contributed by atoms with E-state index in [0.717, 1.165) is 57.9 Å². The first-order chi connectivity index (χ1) is 18.8. The number of ether oxygens (including phenoxy) is 1. The van der Waals surface area contributed by atoms with Gasteiger partial charge in [-0.15, -0.1) is 0 Å². The van der Waals surface area contributed by atoms with Crippen molar-refractivity contribution in [2.75, 3.05) is 39.3 Å². The molecule has 2 N–H and O–H groups in total. The minimum Gasteiger partial charge on any atom is -0.490 e. The zero-order chi connectivity index (χ0) is 27.2. The van der Waals surface area contributed by atoms with Crippen molar-refractivity contribution in [3.63, 3.8) is 0 Å². The Morgan fingerprint density at radius 1 is 0.872 bits per heavy atom. The van der Waals surface area contributed by atoms with Gasteiger partial charge >= 0.3 is 0 Å². The first-order valence-corrected chi connectivity index (χ1v) is 14.9. The number of likely N-dealkylation sites (tertiary alicyclic amines) is 1. The van der Waals surface area contributed by atoms with Gasteiger partial charge in [-0.1, -0.05) is 18.2 Å². The first-order valence-electron chi connectivity index (χ1n) is 13.3. The number of carbonyl (C=O) groups is 1. The number of rotatable bonds is 8. The molecular formula is C29H35N5O4S. The third kappa shape index (κ3) is 7.42. The highest BCUT2D eigenvalue weighted by molar-refractivity contribution is 7.89. The Bertz CT molecular complexity index is 1350. The van der Waals surface area contributed by atoms with E-state index in [0.29, 0.717) is 18.7 Å². The number of hydrogen-bond donors (Lipinski definition) is 1. The fraction of sp³-hybridized carbons (Fsp3) is 0.379. The van der Waals surface area contributed by atoms with Crippen molar-refractivity contribution in [1.29, 1.82) is 0 Å². The number of piperazine rings is 1. The van der Waals surface area contributed by atoms with E-state index in [4.69, 9.17) is 9.88 Å². The summed E-state index contributed by atoms with van der Waals surface area (Å²) < 4.78 is 29.2. The second-order valence-corrected chi connectivity index (χ2v) is 11.8. The molecule has 0 aliphatic carbocycles. The fourth-order valence-corrected chi connectivity index (χ4v) is 5.69. The quantitative estimate of drug-likeness (QED) is 0.460. The van der Waals surface area contributed by atoms with E-state index in [1.807, 2.05) is 30.6 Å². The summed E-state index contributed by atoms with van der Waals surface area (Å²) in [6.07, 6.45) is 5.28. The van der Waals surface area contributed by atoms with Gasteiger partial charge in [0.25, 0.3) is 5.91 Å². The lowest BCUT2D eigenvalue weighted by Crippen LogP contribution is -2.45. The number of amides is 1. The fourth-order valence-electron chi connectivity index (χ4n) is 5.17. The molecule has 3 heterocycles. The lowest BCUT2D eigenvalue weighted by atomic mass is 10.1. The molecule has 5 rings (SSSR count). The van der Waals surface area contributed by atoms with Gasteiger partial charge in [0.15, 0.2) is 0 Å². The van der Waals surface area contributed by atoms with Crippen molar-refractivity contribution >= 4 is 15.9 Å². The monoisotopic (exact) mass is 549 g/mol. The van der Waals surface area contributed by atoms with Gasteiger partial charge in [0.1, 0.15) is 11.9 Å². The number of hydrogen-bond acceptors (Lipinski definition) is 7. The third-order valence-electron chi connectivity index (χ3n) is 7.36. The molecule has 0 radical (unpaired) electrons. The minimum absolute atomic E-state index is 0.00326. The van der Waals surface area contributed by atoms with Crippen molar-refractivity contribution in [3.05, 3.63) is 89.7 Å². The number of nitrogens with zero attached hydrogens (tertiary/aromatic N) is 4. The molecule has 3 aromatic rings. The Kier molecular flexibility index (Phi) is 8.56. The number of aromatic nitrogens is 1. The summed E-state index contributed by atoms with van der Waals surface area (Å²) in [4.78, 5) is 23.8. The van der Waals surface area contributed by atoms with Crippen LogP contribution in [0.1, 0.15) is 34.3 Å². The predicted molar refractivity (Wildman–Crippen MR) is 149 cm³/mol. The van der Waals surface area contributed by atoms with Crippen molar-refractivity contribution in [2.24, 2.45) is 5.14 Å². The molecule has 2 saturated heterocycles. The van der Waals surface area contributed by atoms with Gasteiger partial charge in [-0.05, 0) is 53.6 Å². The highest BCUT2D eigenvalue weighted by Crippen LogP contribution is 2.23. The van der Waals surface area contributed by atoms with Crippen LogP contribution < -0.4 is 9.88 Å². The topological polar surface area (TPSA) is 109 Å². The molecule has 2 aliphatic rings. The van der Waals surface area contributed by atoms with Gasteiger partial charge in [-0.25, -0.2) is 13.6 Å². The standard InChI is InChI=1S/C29H35N5O4S/c30-39(36,37)28-8-6-25(7-9-28)29(35)34-13-10-26(11-14-34)38-27-5-1-3-23(19-27)21-32-15-17-33(18-16-32)22-24-4-2-12-31-20-24/h1-9,12,19-20,26H,10-11,13-18,21-22H2,(H2,30,36,37). The van der Waals surface area contributed by atoms with Crippen LogP contribution >= 0.6 is 0 Å². The zero-order valence-corrected chi connectivity index (χ0v) is 22.8. The van der Waals surface area contributed by atoms with Crippen molar-refractivity contribution < 1.29 is 17.9 Å². The summed E-state index contributed by atoms with van der Waals surface area (Å²) in [6.45, 7) is 7.16. The van der Waals surface area contributed by atoms with Crippen LogP contribution in [-0.2, 0) is 23.1 Å². The second kappa shape index (κ2) is 12.3. The molecule has 1 amide bonds. The van der Waals surface area contributed by atoms with Crippen LogP contribution in [0.4, 0.5) is 0 Å². The molecule has 10 heteroatoms. The minimum atomic E-state index is -3.78. The molecule has 0 spiro atoms. The lowest BCUT2D eigenvalue weighted by Gasteiger charge is -2.35. The van der Waals surface area contributed by atoms with E-state index in [2.05, 4.69) is 33.0 Å². The van der Waals surface area contributed by atoms with Gasteiger partial charge in [0.2, 0.25) is 10.0 Å². The highest BCUT2D eigenvalue weighted by Gasteiger charge is 2.25. The SMILES string of the molecule is NS(=O)(=O)c1ccc(C(=O)N2CCC(Oc3cccc(CN4CCN(Cc5cccnc5)CC4)c3)CC2)cc1. The Labute approximate surface area is 230 Å². The number of primary sulfonamides is 1. The Morgan fingerprint density at radius 2 is 1.51 bits per heavy atom. The van der Waals surface area contributed by atoms with Crippen molar-refractivity contribution in [3.8, 4) is 5.75 Å². The molecule has 0 atom stereocenters. The Hall–Kier alpha value is -3.31.